The summed E-state index contributed by atoms with van der Waals surface area (Å²) in [6, 6.07) is 18.2. The van der Waals surface area contributed by atoms with Crippen LogP contribution in [0.4, 0.5) is 5.69 Å². The Morgan fingerprint density at radius 2 is 1.52 bits per heavy atom. The van der Waals surface area contributed by atoms with Crippen molar-refractivity contribution in [2.75, 3.05) is 0 Å². The fourth-order valence-corrected chi connectivity index (χ4v) is 2.85. The van der Waals surface area contributed by atoms with Crippen LogP contribution >= 0.6 is 15.9 Å². The van der Waals surface area contributed by atoms with E-state index in [0.29, 0.717) is 11.1 Å². The van der Waals surface area contributed by atoms with Crippen LogP contribution in [0.5, 0.6) is 5.75 Å². The Hall–Kier alpha value is -4.31. The first kappa shape index (κ1) is 23.4. The molecule has 33 heavy (non-hydrogen) atoms. The molecule has 0 aliphatic heterocycles. The highest BCUT2D eigenvalue weighted by Gasteiger charge is 2.12. The number of nitro groups is 1. The summed E-state index contributed by atoms with van der Waals surface area (Å²) in [4.78, 5) is 46.6. The van der Waals surface area contributed by atoms with Crippen molar-refractivity contribution in [3.8, 4) is 5.75 Å². The zero-order valence-electron chi connectivity index (χ0n) is 16.9. The standard InChI is InChI=1S/C23H16BrN3O6/c24-18-10-5-17(6-11-18)23(30)33-20-4-2-1-3-15(20)9-14-21(28)25-26-22(29)16-7-12-19(13-8-16)27(31)32/h1-14H,(H,25,28)(H,26,29)/b14-9+. The van der Waals surface area contributed by atoms with Gasteiger partial charge in [0.1, 0.15) is 5.75 Å². The van der Waals surface area contributed by atoms with Crippen molar-refractivity contribution in [1.29, 1.82) is 0 Å². The maximum Gasteiger partial charge on any atom is 0.343 e. The second-order valence-corrected chi connectivity index (χ2v) is 7.43. The van der Waals surface area contributed by atoms with Gasteiger partial charge in [-0.25, -0.2) is 4.79 Å². The molecule has 0 aliphatic rings. The predicted molar refractivity (Wildman–Crippen MR) is 123 cm³/mol. The summed E-state index contributed by atoms with van der Waals surface area (Å²) in [5, 5.41) is 10.7. The number of para-hydroxylation sites is 1. The summed E-state index contributed by atoms with van der Waals surface area (Å²) in [6.45, 7) is 0. The molecule has 0 radical (unpaired) electrons. The largest absolute Gasteiger partial charge is 0.422 e. The molecule has 0 atom stereocenters. The van der Waals surface area contributed by atoms with Crippen LogP contribution in [0.25, 0.3) is 6.08 Å². The molecular weight excluding hydrogens is 494 g/mol. The summed E-state index contributed by atoms with van der Waals surface area (Å²) in [5.74, 6) is -1.58. The van der Waals surface area contributed by atoms with E-state index in [1.807, 2.05) is 0 Å². The monoisotopic (exact) mass is 509 g/mol. The van der Waals surface area contributed by atoms with Gasteiger partial charge >= 0.3 is 5.97 Å². The van der Waals surface area contributed by atoms with Crippen LogP contribution in [0.3, 0.4) is 0 Å². The van der Waals surface area contributed by atoms with Gasteiger partial charge in [-0.1, -0.05) is 34.1 Å². The zero-order valence-corrected chi connectivity index (χ0v) is 18.4. The Bertz CT molecular complexity index is 1220. The second-order valence-electron chi connectivity index (χ2n) is 6.51. The van der Waals surface area contributed by atoms with Crippen LogP contribution in [0.15, 0.2) is 83.3 Å². The van der Waals surface area contributed by atoms with Gasteiger partial charge in [0.25, 0.3) is 17.5 Å². The van der Waals surface area contributed by atoms with Gasteiger partial charge in [-0.05, 0) is 48.5 Å². The predicted octanol–water partition coefficient (Wildman–Crippen LogP) is 4.05. The molecule has 0 saturated carbocycles. The first-order valence-corrected chi connectivity index (χ1v) is 10.2. The molecule has 0 saturated heterocycles. The van der Waals surface area contributed by atoms with Gasteiger partial charge in [-0.15, -0.1) is 0 Å². The van der Waals surface area contributed by atoms with E-state index in [2.05, 4.69) is 26.8 Å². The van der Waals surface area contributed by atoms with Crippen LogP contribution in [0.1, 0.15) is 26.3 Å². The highest BCUT2D eigenvalue weighted by Crippen LogP contribution is 2.21. The van der Waals surface area contributed by atoms with E-state index in [9.17, 15) is 24.5 Å². The Labute approximate surface area is 196 Å². The summed E-state index contributed by atoms with van der Waals surface area (Å²) in [7, 11) is 0. The van der Waals surface area contributed by atoms with E-state index < -0.39 is 22.7 Å². The lowest BCUT2D eigenvalue weighted by molar-refractivity contribution is -0.384. The number of carbonyl (C=O) groups excluding carboxylic acids is 3. The van der Waals surface area contributed by atoms with Crippen molar-refractivity contribution < 1.29 is 24.0 Å². The molecule has 0 aliphatic carbocycles. The first-order chi connectivity index (χ1) is 15.8. The van der Waals surface area contributed by atoms with Gasteiger partial charge in [0, 0.05) is 33.8 Å². The minimum Gasteiger partial charge on any atom is -0.422 e. The number of rotatable bonds is 6. The van der Waals surface area contributed by atoms with Crippen molar-refractivity contribution in [3.63, 3.8) is 0 Å². The molecular formula is C23H16BrN3O6. The molecule has 10 heteroatoms. The maximum absolute atomic E-state index is 12.4. The SMILES string of the molecule is O=C(/C=C/c1ccccc1OC(=O)c1ccc(Br)cc1)NNC(=O)c1ccc([N+](=O)[O-])cc1. The molecule has 2 N–H and O–H groups in total. The Morgan fingerprint density at radius 3 is 2.18 bits per heavy atom. The summed E-state index contributed by atoms with van der Waals surface area (Å²) >= 11 is 3.30. The highest BCUT2D eigenvalue weighted by molar-refractivity contribution is 9.10. The third-order valence-corrected chi connectivity index (χ3v) is 4.78. The zero-order chi connectivity index (χ0) is 23.8. The van der Waals surface area contributed by atoms with Gasteiger partial charge in [0.2, 0.25) is 0 Å². The average Bonchev–Trinajstić information content (AvgIpc) is 2.82. The van der Waals surface area contributed by atoms with Crippen molar-refractivity contribution in [1.82, 2.24) is 10.9 Å². The van der Waals surface area contributed by atoms with Crippen LogP contribution in [0.2, 0.25) is 0 Å². The fraction of sp³-hybridized carbons (Fsp3) is 0. The number of benzene rings is 3. The molecule has 0 fully saturated rings. The molecule has 3 aromatic carbocycles. The molecule has 0 heterocycles. The number of hydrazine groups is 1. The third kappa shape index (κ3) is 6.58. The lowest BCUT2D eigenvalue weighted by Crippen LogP contribution is -2.40. The number of carbonyl (C=O) groups is 3. The van der Waals surface area contributed by atoms with Crippen LogP contribution < -0.4 is 15.6 Å². The summed E-state index contributed by atoms with van der Waals surface area (Å²) in [6.07, 6.45) is 2.58. The van der Waals surface area contributed by atoms with E-state index in [-0.39, 0.29) is 17.0 Å². The van der Waals surface area contributed by atoms with Crippen molar-refractivity contribution >= 4 is 45.5 Å². The van der Waals surface area contributed by atoms with Crippen LogP contribution in [-0.4, -0.2) is 22.7 Å². The van der Waals surface area contributed by atoms with Gasteiger partial charge in [-0.3, -0.25) is 30.6 Å². The molecule has 0 aromatic heterocycles. The van der Waals surface area contributed by atoms with E-state index in [0.717, 1.165) is 10.5 Å². The number of nitrogens with one attached hydrogen (secondary N) is 2. The average molecular weight is 510 g/mol. The van der Waals surface area contributed by atoms with E-state index >= 15 is 0 Å². The molecule has 3 rings (SSSR count). The van der Waals surface area contributed by atoms with Gasteiger partial charge in [-0.2, -0.15) is 0 Å². The number of hydrogen-bond acceptors (Lipinski definition) is 6. The number of esters is 1. The molecule has 0 bridgehead atoms. The minimum absolute atomic E-state index is 0.134. The Balaban J connectivity index is 1.59. The first-order valence-electron chi connectivity index (χ1n) is 9.43. The third-order valence-electron chi connectivity index (χ3n) is 4.26. The van der Waals surface area contributed by atoms with Gasteiger partial charge in [0.05, 0.1) is 10.5 Å². The topological polar surface area (TPSA) is 128 Å². The van der Waals surface area contributed by atoms with Crippen LogP contribution in [0, 0.1) is 10.1 Å². The number of non-ortho nitro benzene ring substituents is 1. The number of hydrogen-bond donors (Lipinski definition) is 2. The molecule has 166 valence electrons. The second kappa shape index (κ2) is 10.8. The molecule has 3 aromatic rings. The van der Waals surface area contributed by atoms with Crippen molar-refractivity contribution in [2.24, 2.45) is 0 Å². The van der Waals surface area contributed by atoms with Crippen molar-refractivity contribution in [2.45, 2.75) is 0 Å². The molecule has 0 spiro atoms. The smallest absolute Gasteiger partial charge is 0.343 e. The molecule has 0 unspecified atom stereocenters. The van der Waals surface area contributed by atoms with Gasteiger partial charge < -0.3 is 4.74 Å². The lowest BCUT2D eigenvalue weighted by atomic mass is 10.2. The summed E-state index contributed by atoms with van der Waals surface area (Å²) < 4.78 is 6.26. The lowest BCUT2D eigenvalue weighted by Gasteiger charge is -2.08. The number of nitrogens with zero attached hydrogens (tertiary/aromatic N) is 1. The quantitative estimate of drug-likeness (QED) is 0.169. The van der Waals surface area contributed by atoms with Crippen molar-refractivity contribution in [3.05, 3.63) is 110 Å². The highest BCUT2D eigenvalue weighted by atomic mass is 79.9. The number of nitro benzene ring substituents is 1. The number of amides is 2. The van der Waals surface area contributed by atoms with E-state index in [1.165, 1.54) is 30.3 Å². The normalized spacial score (nSPS) is 10.5. The Morgan fingerprint density at radius 1 is 0.879 bits per heavy atom. The van der Waals surface area contributed by atoms with E-state index in [4.69, 9.17) is 4.74 Å². The number of ether oxygens (including phenoxy) is 1. The number of halogens is 1. The fourth-order valence-electron chi connectivity index (χ4n) is 2.59. The van der Waals surface area contributed by atoms with E-state index in [1.54, 1.807) is 48.5 Å². The molecule has 2 amide bonds. The maximum atomic E-state index is 12.4. The Kier molecular flexibility index (Phi) is 7.66. The van der Waals surface area contributed by atoms with Crippen LogP contribution in [-0.2, 0) is 4.79 Å². The molecule has 9 nitrogen and oxygen atoms in total. The van der Waals surface area contributed by atoms with Gasteiger partial charge in [0.15, 0.2) is 0 Å². The summed E-state index contributed by atoms with van der Waals surface area (Å²) in [5.41, 5.74) is 5.23. The minimum atomic E-state index is -0.643.